The quantitative estimate of drug-likeness (QED) is 0.116. The van der Waals surface area contributed by atoms with Gasteiger partial charge in [-0.2, -0.15) is 5.10 Å². The SMILES string of the molecule is Cc1cc(C)nc(SCC(=O)N/N=C\c2cc(I)c(OCc3cccc(F)c3)c(I)c2)n1. The molecule has 0 saturated heterocycles. The van der Waals surface area contributed by atoms with Crippen LogP contribution in [0.5, 0.6) is 5.75 Å². The summed E-state index contributed by atoms with van der Waals surface area (Å²) in [5.41, 5.74) is 5.83. The highest BCUT2D eigenvalue weighted by Crippen LogP contribution is 2.29. The van der Waals surface area contributed by atoms with Crippen molar-refractivity contribution in [1.29, 1.82) is 0 Å². The Morgan fingerprint density at radius 3 is 2.50 bits per heavy atom. The summed E-state index contributed by atoms with van der Waals surface area (Å²) in [5.74, 6) is 0.362. The predicted molar refractivity (Wildman–Crippen MR) is 141 cm³/mol. The van der Waals surface area contributed by atoms with Crippen LogP contribution in [0.3, 0.4) is 0 Å². The number of ether oxygens (including phenoxy) is 1. The lowest BCUT2D eigenvalue weighted by atomic mass is 10.2. The van der Waals surface area contributed by atoms with Crippen molar-refractivity contribution in [2.75, 3.05) is 5.75 Å². The fraction of sp³-hybridized carbons (Fsp3) is 0.182. The van der Waals surface area contributed by atoms with Gasteiger partial charge in [0.2, 0.25) is 0 Å². The second-order valence-corrected chi connectivity index (χ2v) is 10.0. The summed E-state index contributed by atoms with van der Waals surface area (Å²) in [4.78, 5) is 20.7. The number of halogens is 3. The van der Waals surface area contributed by atoms with Crippen LogP contribution in [0.1, 0.15) is 22.5 Å². The van der Waals surface area contributed by atoms with Gasteiger partial charge < -0.3 is 4.74 Å². The van der Waals surface area contributed by atoms with Crippen LogP contribution >= 0.6 is 56.9 Å². The van der Waals surface area contributed by atoms with Crippen LogP contribution in [0.15, 0.2) is 52.7 Å². The van der Waals surface area contributed by atoms with Crippen LogP contribution in [-0.4, -0.2) is 27.8 Å². The number of amides is 1. The lowest BCUT2D eigenvalue weighted by Gasteiger charge is -2.11. The first-order valence-electron chi connectivity index (χ1n) is 9.43. The molecular formula is C22H19FI2N4O2S. The Labute approximate surface area is 217 Å². The van der Waals surface area contributed by atoms with E-state index >= 15 is 0 Å². The summed E-state index contributed by atoms with van der Waals surface area (Å²) < 4.78 is 21.0. The van der Waals surface area contributed by atoms with Gasteiger partial charge in [-0.1, -0.05) is 23.9 Å². The van der Waals surface area contributed by atoms with Gasteiger partial charge in [0.15, 0.2) is 5.16 Å². The number of nitrogens with one attached hydrogen (secondary N) is 1. The van der Waals surface area contributed by atoms with Crippen molar-refractivity contribution in [2.24, 2.45) is 5.10 Å². The maximum atomic E-state index is 13.3. The molecule has 3 rings (SSSR count). The fourth-order valence-electron chi connectivity index (χ4n) is 2.67. The van der Waals surface area contributed by atoms with E-state index < -0.39 is 0 Å². The zero-order chi connectivity index (χ0) is 23.1. The van der Waals surface area contributed by atoms with Crippen LogP contribution in [-0.2, 0) is 11.4 Å². The first-order valence-corrected chi connectivity index (χ1v) is 12.6. The van der Waals surface area contributed by atoms with Gasteiger partial charge in [-0.3, -0.25) is 4.79 Å². The van der Waals surface area contributed by atoms with Gasteiger partial charge >= 0.3 is 0 Å². The van der Waals surface area contributed by atoms with E-state index in [-0.39, 0.29) is 24.1 Å². The molecule has 1 aromatic heterocycles. The molecule has 1 heterocycles. The van der Waals surface area contributed by atoms with Crippen LogP contribution in [0, 0.1) is 26.8 Å². The highest BCUT2D eigenvalue weighted by molar-refractivity contribution is 14.1. The molecule has 0 spiro atoms. The van der Waals surface area contributed by atoms with Gasteiger partial charge in [0.25, 0.3) is 5.91 Å². The summed E-state index contributed by atoms with van der Waals surface area (Å²) in [6, 6.07) is 12.0. The van der Waals surface area contributed by atoms with Crippen molar-refractivity contribution in [2.45, 2.75) is 25.6 Å². The molecule has 6 nitrogen and oxygen atoms in total. The second-order valence-electron chi connectivity index (χ2n) is 6.75. The van der Waals surface area contributed by atoms with Crippen LogP contribution in [0.2, 0.25) is 0 Å². The summed E-state index contributed by atoms with van der Waals surface area (Å²) in [6.45, 7) is 4.06. The fourth-order valence-corrected chi connectivity index (χ4v) is 5.54. The molecule has 0 radical (unpaired) electrons. The lowest BCUT2D eigenvalue weighted by molar-refractivity contribution is -0.118. The monoisotopic (exact) mass is 676 g/mol. The van der Waals surface area contributed by atoms with Crippen molar-refractivity contribution in [3.63, 3.8) is 0 Å². The van der Waals surface area contributed by atoms with E-state index in [0.29, 0.717) is 5.16 Å². The highest BCUT2D eigenvalue weighted by atomic mass is 127. The Balaban J connectivity index is 1.54. The molecule has 0 unspecified atom stereocenters. The van der Waals surface area contributed by atoms with Gasteiger partial charge in [0.05, 0.1) is 19.1 Å². The number of nitrogens with zero attached hydrogens (tertiary/aromatic N) is 3. The smallest absolute Gasteiger partial charge is 0.250 e. The minimum Gasteiger partial charge on any atom is -0.487 e. The second kappa shape index (κ2) is 11.9. The minimum absolute atomic E-state index is 0.169. The van der Waals surface area contributed by atoms with Gasteiger partial charge in [0, 0.05) is 11.4 Å². The third-order valence-corrected chi connectivity index (χ3v) is 6.44. The van der Waals surface area contributed by atoms with Crippen LogP contribution in [0.25, 0.3) is 0 Å². The van der Waals surface area contributed by atoms with Crippen molar-refractivity contribution in [3.8, 4) is 5.75 Å². The molecule has 32 heavy (non-hydrogen) atoms. The third kappa shape index (κ3) is 7.66. The largest absolute Gasteiger partial charge is 0.487 e. The van der Waals surface area contributed by atoms with Crippen LogP contribution in [0.4, 0.5) is 4.39 Å². The number of rotatable bonds is 8. The van der Waals surface area contributed by atoms with Gasteiger partial charge in [0.1, 0.15) is 18.2 Å². The number of carbonyl (C=O) groups is 1. The number of benzene rings is 2. The van der Waals surface area contributed by atoms with E-state index in [9.17, 15) is 9.18 Å². The zero-order valence-corrected chi connectivity index (χ0v) is 22.4. The van der Waals surface area contributed by atoms with E-state index in [4.69, 9.17) is 4.74 Å². The standard InChI is InChI=1S/C22H19FI2N4O2S/c1-13-6-14(2)28-22(27-13)32-12-20(30)29-26-10-16-8-18(24)21(19(25)9-16)31-11-15-4-3-5-17(23)7-15/h3-10H,11-12H2,1-2H3,(H,29,30)/b26-10-. The Morgan fingerprint density at radius 1 is 1.16 bits per heavy atom. The van der Waals surface area contributed by atoms with Crippen LogP contribution < -0.4 is 10.2 Å². The Kier molecular flexibility index (Phi) is 9.22. The minimum atomic E-state index is -0.288. The van der Waals surface area contributed by atoms with Gasteiger partial charge in [-0.25, -0.2) is 19.8 Å². The number of thioether (sulfide) groups is 1. The molecule has 0 aliphatic carbocycles. The molecule has 10 heteroatoms. The molecule has 1 amide bonds. The molecular weight excluding hydrogens is 657 g/mol. The summed E-state index contributed by atoms with van der Waals surface area (Å²) in [6.07, 6.45) is 1.58. The molecule has 166 valence electrons. The molecule has 1 N–H and O–H groups in total. The molecule has 2 aromatic carbocycles. The van der Waals surface area contributed by atoms with Gasteiger partial charge in [-0.05, 0) is 100 Å². The topological polar surface area (TPSA) is 76.5 Å². The molecule has 3 aromatic rings. The maximum absolute atomic E-state index is 13.3. The first-order chi connectivity index (χ1) is 15.3. The average molecular weight is 676 g/mol. The van der Waals surface area contributed by atoms with Crippen molar-refractivity contribution >= 4 is 69.1 Å². The predicted octanol–water partition coefficient (Wildman–Crippen LogP) is 5.26. The van der Waals surface area contributed by atoms with Crippen molar-refractivity contribution < 1.29 is 13.9 Å². The summed E-state index contributed by atoms with van der Waals surface area (Å²) >= 11 is 5.63. The molecule has 0 fully saturated rings. The number of aromatic nitrogens is 2. The Bertz CT molecular complexity index is 1120. The highest BCUT2D eigenvalue weighted by Gasteiger charge is 2.10. The number of carbonyl (C=O) groups excluding carboxylic acids is 1. The molecule has 0 atom stereocenters. The number of hydrogen-bond donors (Lipinski definition) is 1. The molecule has 0 bridgehead atoms. The number of hydrazone groups is 1. The summed E-state index contributed by atoms with van der Waals surface area (Å²) in [5, 5.41) is 4.61. The normalized spacial score (nSPS) is 11.0. The lowest BCUT2D eigenvalue weighted by Crippen LogP contribution is -2.19. The van der Waals surface area contributed by atoms with Crippen molar-refractivity contribution in [1.82, 2.24) is 15.4 Å². The van der Waals surface area contributed by atoms with E-state index in [1.54, 1.807) is 12.3 Å². The van der Waals surface area contributed by atoms with Gasteiger partial charge in [-0.15, -0.1) is 0 Å². The zero-order valence-electron chi connectivity index (χ0n) is 17.2. The van der Waals surface area contributed by atoms with E-state index in [1.807, 2.05) is 38.1 Å². The number of hydrogen-bond acceptors (Lipinski definition) is 6. The summed E-state index contributed by atoms with van der Waals surface area (Å²) in [7, 11) is 0. The molecule has 0 saturated carbocycles. The van der Waals surface area contributed by atoms with Crippen molar-refractivity contribution in [3.05, 3.63) is 77.9 Å². The number of aryl methyl sites for hydroxylation is 2. The Morgan fingerprint density at radius 2 is 1.84 bits per heavy atom. The third-order valence-electron chi connectivity index (χ3n) is 3.99. The average Bonchev–Trinajstić information content (AvgIpc) is 2.71. The van der Waals surface area contributed by atoms with E-state index in [2.05, 4.69) is 65.7 Å². The maximum Gasteiger partial charge on any atom is 0.250 e. The molecule has 0 aliphatic rings. The molecule has 0 aliphatic heterocycles. The first kappa shape index (κ1) is 24.8. The van der Waals surface area contributed by atoms with E-state index in [0.717, 1.165) is 35.4 Å². The Hall–Kier alpha value is -1.80. The van der Waals surface area contributed by atoms with E-state index in [1.165, 1.54) is 23.9 Å².